The first-order valence-electron chi connectivity index (χ1n) is 7.70. The average Bonchev–Trinajstić information content (AvgIpc) is 2.59. The Labute approximate surface area is 142 Å². The van der Waals surface area contributed by atoms with E-state index in [4.69, 9.17) is 16.3 Å². The molecule has 1 atom stereocenters. The van der Waals surface area contributed by atoms with Gasteiger partial charge in [0.1, 0.15) is 6.61 Å². The van der Waals surface area contributed by atoms with Crippen molar-refractivity contribution in [1.82, 2.24) is 9.88 Å². The van der Waals surface area contributed by atoms with Crippen molar-refractivity contribution in [3.05, 3.63) is 64.9 Å². The number of likely N-dealkylation sites (N-methyl/N-ethyl adjacent to an activating group) is 1. The largest absolute Gasteiger partial charge is 0.372 e. The van der Waals surface area contributed by atoms with E-state index in [0.29, 0.717) is 18.2 Å². The first kappa shape index (κ1) is 17.4. The van der Waals surface area contributed by atoms with Crippen molar-refractivity contribution in [2.24, 2.45) is 0 Å². The van der Waals surface area contributed by atoms with E-state index in [1.54, 1.807) is 17.3 Å². The van der Waals surface area contributed by atoms with Crippen LogP contribution in [0.1, 0.15) is 31.0 Å². The molecule has 0 aliphatic rings. The summed E-state index contributed by atoms with van der Waals surface area (Å²) in [7, 11) is 0. The summed E-state index contributed by atoms with van der Waals surface area (Å²) in [6, 6.07) is 11.2. The minimum atomic E-state index is -0.209. The predicted octanol–water partition coefficient (Wildman–Crippen LogP) is 3.71. The first-order valence-corrected chi connectivity index (χ1v) is 8.07. The van der Waals surface area contributed by atoms with E-state index in [0.717, 1.165) is 11.1 Å². The van der Waals surface area contributed by atoms with Crippen LogP contribution in [-0.4, -0.2) is 35.5 Å². The Hall–Kier alpha value is -1.91. The normalized spacial score (nSPS) is 12.0. The molecule has 1 amide bonds. The second-order valence-electron chi connectivity index (χ2n) is 5.06. The molecular weight excluding hydrogens is 312 g/mol. The van der Waals surface area contributed by atoms with Gasteiger partial charge in [0.15, 0.2) is 0 Å². The molecule has 122 valence electrons. The van der Waals surface area contributed by atoms with Crippen LogP contribution in [-0.2, 0) is 9.53 Å². The number of ether oxygens (including phenoxy) is 1. The Bertz CT molecular complexity index is 617. The van der Waals surface area contributed by atoms with Crippen molar-refractivity contribution in [3.8, 4) is 0 Å². The van der Waals surface area contributed by atoms with E-state index in [1.165, 1.54) is 0 Å². The minimum Gasteiger partial charge on any atom is -0.372 e. The third-order valence-corrected chi connectivity index (χ3v) is 3.84. The number of hydrogen-bond donors (Lipinski definition) is 0. The molecule has 0 radical (unpaired) electrons. The number of pyridine rings is 1. The predicted molar refractivity (Wildman–Crippen MR) is 91.4 cm³/mol. The molecule has 0 aliphatic heterocycles. The van der Waals surface area contributed by atoms with Crippen molar-refractivity contribution >= 4 is 17.5 Å². The van der Waals surface area contributed by atoms with E-state index >= 15 is 0 Å². The van der Waals surface area contributed by atoms with Gasteiger partial charge in [0, 0.05) is 30.6 Å². The third-order valence-electron chi connectivity index (χ3n) is 3.59. The zero-order valence-corrected chi connectivity index (χ0v) is 14.2. The second kappa shape index (κ2) is 8.65. The van der Waals surface area contributed by atoms with Crippen molar-refractivity contribution in [1.29, 1.82) is 0 Å². The minimum absolute atomic E-state index is 0.0434. The van der Waals surface area contributed by atoms with Crippen molar-refractivity contribution in [3.63, 3.8) is 0 Å². The van der Waals surface area contributed by atoms with Gasteiger partial charge in [-0.1, -0.05) is 29.8 Å². The number of halogens is 1. The van der Waals surface area contributed by atoms with Gasteiger partial charge >= 0.3 is 0 Å². The van der Waals surface area contributed by atoms with Crippen LogP contribution in [0.2, 0.25) is 5.02 Å². The van der Waals surface area contributed by atoms with Crippen LogP contribution in [0, 0.1) is 0 Å². The van der Waals surface area contributed by atoms with Crippen LogP contribution < -0.4 is 0 Å². The lowest BCUT2D eigenvalue weighted by molar-refractivity contribution is -0.137. The molecule has 0 saturated carbocycles. The highest BCUT2D eigenvalue weighted by atomic mass is 35.5. The van der Waals surface area contributed by atoms with E-state index < -0.39 is 0 Å². The van der Waals surface area contributed by atoms with Gasteiger partial charge < -0.3 is 9.64 Å². The molecule has 1 aromatic heterocycles. The molecule has 23 heavy (non-hydrogen) atoms. The number of aromatic nitrogens is 1. The van der Waals surface area contributed by atoms with Gasteiger partial charge in [-0.15, -0.1) is 0 Å². The maximum absolute atomic E-state index is 12.5. The number of nitrogens with zero attached hydrogens (tertiary/aromatic N) is 2. The standard InChI is InChI=1S/C18H21ClN2O2/c1-3-21(17(22)13-23-4-2)18(15-6-5-11-20-12-15)14-7-9-16(19)10-8-14/h5-12,18H,3-4,13H2,1-2H3/t18-/m1/s1. The Morgan fingerprint density at radius 2 is 1.96 bits per heavy atom. The highest BCUT2D eigenvalue weighted by Gasteiger charge is 2.25. The summed E-state index contributed by atoms with van der Waals surface area (Å²) in [5.74, 6) is -0.0434. The van der Waals surface area contributed by atoms with Gasteiger partial charge in [0.2, 0.25) is 5.91 Å². The summed E-state index contributed by atoms with van der Waals surface area (Å²) in [5.41, 5.74) is 1.95. The molecule has 0 fully saturated rings. The van der Waals surface area contributed by atoms with Gasteiger partial charge in [-0.25, -0.2) is 0 Å². The number of rotatable bonds is 7. The quantitative estimate of drug-likeness (QED) is 0.776. The molecule has 4 nitrogen and oxygen atoms in total. The molecule has 0 spiro atoms. The highest BCUT2D eigenvalue weighted by molar-refractivity contribution is 6.30. The molecule has 0 unspecified atom stereocenters. The van der Waals surface area contributed by atoms with Crippen LogP contribution in [0.15, 0.2) is 48.8 Å². The smallest absolute Gasteiger partial charge is 0.249 e. The maximum atomic E-state index is 12.5. The Balaban J connectivity index is 2.39. The molecule has 2 rings (SSSR count). The van der Waals surface area contributed by atoms with Crippen molar-refractivity contribution in [2.75, 3.05) is 19.8 Å². The maximum Gasteiger partial charge on any atom is 0.249 e. The lowest BCUT2D eigenvalue weighted by Crippen LogP contribution is -2.38. The Morgan fingerprint density at radius 1 is 1.22 bits per heavy atom. The molecule has 2 aromatic rings. The fraction of sp³-hybridized carbons (Fsp3) is 0.333. The molecule has 0 N–H and O–H groups in total. The van der Waals surface area contributed by atoms with Crippen LogP contribution in [0.5, 0.6) is 0 Å². The highest BCUT2D eigenvalue weighted by Crippen LogP contribution is 2.29. The van der Waals surface area contributed by atoms with Crippen LogP contribution in [0.3, 0.4) is 0 Å². The molecule has 5 heteroatoms. The van der Waals surface area contributed by atoms with E-state index in [1.807, 2.05) is 50.2 Å². The van der Waals surface area contributed by atoms with Crippen molar-refractivity contribution < 1.29 is 9.53 Å². The van der Waals surface area contributed by atoms with Gasteiger partial charge in [0.25, 0.3) is 0 Å². The Morgan fingerprint density at radius 3 is 2.52 bits per heavy atom. The van der Waals surface area contributed by atoms with Crippen LogP contribution in [0.4, 0.5) is 0 Å². The summed E-state index contributed by atoms with van der Waals surface area (Å²) >= 11 is 5.99. The summed E-state index contributed by atoms with van der Waals surface area (Å²) in [6.45, 7) is 5.01. The number of carbonyl (C=O) groups excluding carboxylic acids is 1. The second-order valence-corrected chi connectivity index (χ2v) is 5.49. The molecule has 0 bridgehead atoms. The van der Waals surface area contributed by atoms with Crippen LogP contribution >= 0.6 is 11.6 Å². The van der Waals surface area contributed by atoms with Gasteiger partial charge in [-0.2, -0.15) is 0 Å². The summed E-state index contributed by atoms with van der Waals surface area (Å²) in [4.78, 5) is 18.5. The zero-order chi connectivity index (χ0) is 16.7. The number of carbonyl (C=O) groups is 1. The van der Waals surface area contributed by atoms with Crippen LogP contribution in [0.25, 0.3) is 0 Å². The molecule has 1 aromatic carbocycles. The fourth-order valence-electron chi connectivity index (χ4n) is 2.51. The number of amides is 1. The van der Waals surface area contributed by atoms with E-state index in [2.05, 4.69) is 4.98 Å². The number of hydrogen-bond acceptors (Lipinski definition) is 3. The Kier molecular flexibility index (Phi) is 6.56. The first-order chi connectivity index (χ1) is 11.2. The van der Waals surface area contributed by atoms with Gasteiger partial charge in [0.05, 0.1) is 6.04 Å². The summed E-state index contributed by atoms with van der Waals surface area (Å²) in [5, 5.41) is 0.669. The van der Waals surface area contributed by atoms with E-state index in [9.17, 15) is 4.79 Å². The lowest BCUT2D eigenvalue weighted by atomic mass is 9.98. The SMILES string of the molecule is CCOCC(=O)N(CC)[C@H](c1ccc(Cl)cc1)c1cccnc1. The third kappa shape index (κ3) is 4.53. The lowest BCUT2D eigenvalue weighted by Gasteiger charge is -2.31. The monoisotopic (exact) mass is 332 g/mol. The average molecular weight is 333 g/mol. The molecular formula is C18H21ClN2O2. The fourth-order valence-corrected chi connectivity index (χ4v) is 2.64. The van der Waals surface area contributed by atoms with E-state index in [-0.39, 0.29) is 18.6 Å². The topological polar surface area (TPSA) is 42.4 Å². The van der Waals surface area contributed by atoms with Gasteiger partial charge in [-0.05, 0) is 43.2 Å². The number of benzene rings is 1. The van der Waals surface area contributed by atoms with Crippen molar-refractivity contribution in [2.45, 2.75) is 19.9 Å². The van der Waals surface area contributed by atoms with Gasteiger partial charge in [-0.3, -0.25) is 9.78 Å². The summed E-state index contributed by atoms with van der Waals surface area (Å²) < 4.78 is 5.29. The molecule has 1 heterocycles. The zero-order valence-electron chi connectivity index (χ0n) is 13.4. The molecule has 0 aliphatic carbocycles. The molecule has 0 saturated heterocycles. The summed E-state index contributed by atoms with van der Waals surface area (Å²) in [6.07, 6.45) is 3.51.